The van der Waals surface area contributed by atoms with Crippen LogP contribution in [0.1, 0.15) is 33.4 Å². The fraction of sp³-hybridized carbons (Fsp3) is 0.174. The third-order valence-corrected chi connectivity index (χ3v) is 5.69. The Balaban J connectivity index is 1.63. The van der Waals surface area contributed by atoms with Crippen LogP contribution in [0.2, 0.25) is 5.02 Å². The molecule has 6 nitrogen and oxygen atoms in total. The van der Waals surface area contributed by atoms with Crippen molar-refractivity contribution in [1.29, 1.82) is 0 Å². The van der Waals surface area contributed by atoms with Crippen molar-refractivity contribution >= 4 is 45.8 Å². The summed E-state index contributed by atoms with van der Waals surface area (Å²) in [6.07, 6.45) is 3.06. The lowest BCUT2D eigenvalue weighted by Gasteiger charge is -2.11. The lowest BCUT2D eigenvalue weighted by Crippen LogP contribution is -2.07. The van der Waals surface area contributed by atoms with Gasteiger partial charge in [-0.1, -0.05) is 41.1 Å². The number of ether oxygens (including phenoxy) is 2. The van der Waals surface area contributed by atoms with Gasteiger partial charge in [-0.25, -0.2) is 4.98 Å². The molecule has 0 fully saturated rings. The smallest absolute Gasteiger partial charge is 0.250 e. The fourth-order valence-corrected chi connectivity index (χ4v) is 3.73. The van der Waals surface area contributed by atoms with E-state index < -0.39 is 0 Å². The molecular weight excluding hydrogens is 436 g/mol. The zero-order valence-electron chi connectivity index (χ0n) is 17.3. The van der Waals surface area contributed by atoms with Gasteiger partial charge in [-0.3, -0.25) is 14.9 Å². The first kappa shape index (κ1) is 22.5. The Kier molecular flexibility index (Phi) is 7.44. The molecule has 0 aliphatic heterocycles. The quantitative estimate of drug-likeness (QED) is 0.355. The summed E-state index contributed by atoms with van der Waals surface area (Å²) in [4.78, 5) is 28.5. The number of carbonyl (C=O) groups is 2. The van der Waals surface area contributed by atoms with Crippen LogP contribution in [-0.4, -0.2) is 23.8 Å². The van der Waals surface area contributed by atoms with Gasteiger partial charge in [-0.05, 0) is 48.4 Å². The van der Waals surface area contributed by atoms with Crippen LogP contribution >= 0.6 is 22.9 Å². The first-order valence-electron chi connectivity index (χ1n) is 9.38. The van der Waals surface area contributed by atoms with E-state index in [2.05, 4.69) is 10.3 Å². The Morgan fingerprint density at radius 1 is 1.16 bits per heavy atom. The van der Waals surface area contributed by atoms with E-state index in [4.69, 9.17) is 21.1 Å². The lowest BCUT2D eigenvalue weighted by molar-refractivity contribution is -0.111. The van der Waals surface area contributed by atoms with E-state index in [1.54, 1.807) is 32.2 Å². The Bertz CT molecular complexity index is 1120. The Morgan fingerprint density at radius 2 is 1.90 bits per heavy atom. The second-order valence-electron chi connectivity index (χ2n) is 6.64. The van der Waals surface area contributed by atoms with Crippen molar-refractivity contribution in [3.63, 3.8) is 0 Å². The molecule has 1 N–H and O–H groups in total. The standard InChI is InChI=1S/C23H21ClN2O4S/c1-14-22(15(2)27)31-23(25-14)26-21(28)11-7-16-6-10-19(20(12-16)29-3)30-13-17-4-8-18(24)9-5-17/h4-12H,13H2,1-3H3,(H,25,26,28). The van der Waals surface area contributed by atoms with Gasteiger partial charge in [0.25, 0.3) is 0 Å². The summed E-state index contributed by atoms with van der Waals surface area (Å²) in [6, 6.07) is 12.8. The summed E-state index contributed by atoms with van der Waals surface area (Å²) < 4.78 is 11.3. The molecule has 1 aromatic heterocycles. The van der Waals surface area contributed by atoms with Crippen molar-refractivity contribution in [3.8, 4) is 11.5 Å². The van der Waals surface area contributed by atoms with Crippen LogP contribution in [-0.2, 0) is 11.4 Å². The molecule has 160 valence electrons. The molecule has 31 heavy (non-hydrogen) atoms. The van der Waals surface area contributed by atoms with Crippen LogP contribution in [0, 0.1) is 6.92 Å². The number of anilines is 1. The number of hydrogen-bond acceptors (Lipinski definition) is 6. The molecule has 0 bridgehead atoms. The van der Waals surface area contributed by atoms with Gasteiger partial charge in [0.1, 0.15) is 6.61 Å². The van der Waals surface area contributed by atoms with E-state index in [0.717, 1.165) is 22.5 Å². The number of ketones is 1. The number of benzene rings is 2. The molecule has 2 aromatic carbocycles. The minimum atomic E-state index is -0.342. The van der Waals surface area contributed by atoms with E-state index in [9.17, 15) is 9.59 Å². The summed E-state index contributed by atoms with van der Waals surface area (Å²) >= 11 is 7.06. The first-order valence-corrected chi connectivity index (χ1v) is 10.6. The number of carbonyl (C=O) groups excluding carboxylic acids is 2. The number of Topliss-reactive ketones (excluding diaryl/α,β-unsaturated/α-hetero) is 1. The predicted molar refractivity (Wildman–Crippen MR) is 123 cm³/mol. The SMILES string of the molecule is COc1cc(C=CC(=O)Nc2nc(C)c(C(C)=O)s2)ccc1OCc1ccc(Cl)cc1. The minimum Gasteiger partial charge on any atom is -0.493 e. The van der Waals surface area contributed by atoms with Crippen LogP contribution in [0.3, 0.4) is 0 Å². The average Bonchev–Trinajstić information content (AvgIpc) is 3.12. The highest BCUT2D eigenvalue weighted by atomic mass is 35.5. The summed E-state index contributed by atoms with van der Waals surface area (Å²) in [5.41, 5.74) is 2.36. The monoisotopic (exact) mass is 456 g/mol. The topological polar surface area (TPSA) is 77.5 Å². The number of methoxy groups -OCH3 is 1. The summed E-state index contributed by atoms with van der Waals surface area (Å²) in [7, 11) is 1.56. The van der Waals surface area contributed by atoms with Crippen molar-refractivity contribution in [3.05, 3.63) is 75.3 Å². The Morgan fingerprint density at radius 3 is 2.55 bits per heavy atom. The van der Waals surface area contributed by atoms with Crippen molar-refractivity contribution in [2.45, 2.75) is 20.5 Å². The number of nitrogens with zero attached hydrogens (tertiary/aromatic N) is 1. The highest BCUT2D eigenvalue weighted by Gasteiger charge is 2.12. The maximum absolute atomic E-state index is 12.2. The number of nitrogens with one attached hydrogen (secondary N) is 1. The highest BCUT2D eigenvalue weighted by Crippen LogP contribution is 2.29. The molecule has 8 heteroatoms. The molecule has 0 aliphatic carbocycles. The number of hydrogen-bond donors (Lipinski definition) is 1. The van der Waals surface area contributed by atoms with Gasteiger partial charge >= 0.3 is 0 Å². The van der Waals surface area contributed by atoms with Crippen LogP contribution in [0.15, 0.2) is 48.5 Å². The largest absolute Gasteiger partial charge is 0.493 e. The lowest BCUT2D eigenvalue weighted by atomic mass is 10.2. The second-order valence-corrected chi connectivity index (χ2v) is 8.07. The van der Waals surface area contributed by atoms with Crippen LogP contribution < -0.4 is 14.8 Å². The molecule has 3 rings (SSSR count). The summed E-state index contributed by atoms with van der Waals surface area (Å²) in [5.74, 6) is 0.731. The minimum absolute atomic E-state index is 0.0727. The molecule has 0 radical (unpaired) electrons. The van der Waals surface area contributed by atoms with E-state index in [1.165, 1.54) is 13.0 Å². The molecule has 0 atom stereocenters. The van der Waals surface area contributed by atoms with Gasteiger partial charge in [-0.15, -0.1) is 0 Å². The van der Waals surface area contributed by atoms with Gasteiger partial charge in [0.05, 0.1) is 17.7 Å². The summed E-state index contributed by atoms with van der Waals surface area (Å²) in [5, 5.41) is 3.74. The Hall–Kier alpha value is -3.16. The molecule has 0 saturated heterocycles. The van der Waals surface area contributed by atoms with Crippen LogP contribution in [0.5, 0.6) is 11.5 Å². The molecule has 0 unspecified atom stereocenters. The predicted octanol–water partition coefficient (Wildman–Crippen LogP) is 5.55. The normalized spacial score (nSPS) is 10.8. The summed E-state index contributed by atoms with van der Waals surface area (Å²) in [6.45, 7) is 3.59. The fourth-order valence-electron chi connectivity index (χ4n) is 2.74. The zero-order valence-corrected chi connectivity index (χ0v) is 18.8. The van der Waals surface area contributed by atoms with E-state index in [0.29, 0.717) is 38.8 Å². The molecular formula is C23H21ClN2O4S. The zero-order chi connectivity index (χ0) is 22.4. The van der Waals surface area contributed by atoms with E-state index in [-0.39, 0.29) is 11.7 Å². The average molecular weight is 457 g/mol. The van der Waals surface area contributed by atoms with Gasteiger partial charge in [-0.2, -0.15) is 0 Å². The number of halogens is 1. The highest BCUT2D eigenvalue weighted by molar-refractivity contribution is 7.17. The van der Waals surface area contributed by atoms with Gasteiger partial charge < -0.3 is 9.47 Å². The van der Waals surface area contributed by atoms with Crippen molar-refractivity contribution in [1.82, 2.24) is 4.98 Å². The maximum Gasteiger partial charge on any atom is 0.250 e. The third kappa shape index (κ3) is 6.16. The number of aromatic nitrogens is 1. The second kappa shape index (κ2) is 10.2. The number of aryl methyl sites for hydroxylation is 1. The van der Waals surface area contributed by atoms with E-state index in [1.807, 2.05) is 30.3 Å². The van der Waals surface area contributed by atoms with Gasteiger partial charge in [0, 0.05) is 18.0 Å². The van der Waals surface area contributed by atoms with Crippen molar-refractivity contribution in [2.24, 2.45) is 0 Å². The molecule has 0 aliphatic rings. The number of rotatable bonds is 8. The van der Waals surface area contributed by atoms with Gasteiger partial charge in [0.2, 0.25) is 5.91 Å². The number of thiazole rings is 1. The third-order valence-electron chi connectivity index (χ3n) is 4.27. The van der Waals surface area contributed by atoms with Gasteiger partial charge in [0.15, 0.2) is 22.4 Å². The molecule has 3 aromatic rings. The molecule has 0 spiro atoms. The molecule has 1 amide bonds. The van der Waals surface area contributed by atoms with E-state index >= 15 is 0 Å². The van der Waals surface area contributed by atoms with Crippen molar-refractivity contribution < 1.29 is 19.1 Å². The van der Waals surface area contributed by atoms with Crippen LogP contribution in [0.4, 0.5) is 5.13 Å². The molecule has 1 heterocycles. The van der Waals surface area contributed by atoms with Crippen molar-refractivity contribution in [2.75, 3.05) is 12.4 Å². The molecule has 0 saturated carbocycles. The maximum atomic E-state index is 12.2. The number of amides is 1. The van der Waals surface area contributed by atoms with Crippen LogP contribution in [0.25, 0.3) is 6.08 Å². The first-order chi connectivity index (χ1) is 14.9. The Labute approximate surface area is 189 Å².